The average molecular weight is 366 g/mol. The highest BCUT2D eigenvalue weighted by atomic mass is 32.2. The Morgan fingerprint density at radius 2 is 1.72 bits per heavy atom. The SMILES string of the molecule is C=CCS(=O)NC(=O)Nc1c(C(C)C)cc(C(=O)OC)cc1C(C)C. The molecule has 2 N–H and O–H groups in total. The maximum absolute atomic E-state index is 12.2. The molecule has 0 saturated carbocycles. The summed E-state index contributed by atoms with van der Waals surface area (Å²) in [5.41, 5.74) is 2.70. The first kappa shape index (κ1) is 20.9. The van der Waals surface area contributed by atoms with Gasteiger partial charge >= 0.3 is 12.0 Å². The lowest BCUT2D eigenvalue weighted by molar-refractivity contribution is 0.0600. The standard InChI is InChI=1S/C18H26N2O4S/c1-7-8-25(23)20-18(22)19-16-14(11(2)3)9-13(17(21)24-6)10-15(16)12(4)5/h7,9-12H,1,8H2,2-6H3,(H2,19,20,22). The van der Waals surface area contributed by atoms with Gasteiger partial charge in [0.1, 0.15) is 11.0 Å². The number of ether oxygens (including phenoxy) is 1. The van der Waals surface area contributed by atoms with Crippen LogP contribution in [0.4, 0.5) is 10.5 Å². The van der Waals surface area contributed by atoms with Gasteiger partial charge in [-0.3, -0.25) is 4.72 Å². The van der Waals surface area contributed by atoms with E-state index in [-0.39, 0.29) is 17.6 Å². The highest BCUT2D eigenvalue weighted by Crippen LogP contribution is 2.34. The molecule has 138 valence electrons. The Balaban J connectivity index is 3.31. The molecule has 0 fully saturated rings. The van der Waals surface area contributed by atoms with Gasteiger partial charge < -0.3 is 10.1 Å². The summed E-state index contributed by atoms with van der Waals surface area (Å²) < 4.78 is 18.9. The number of urea groups is 1. The molecule has 0 aromatic heterocycles. The van der Waals surface area contributed by atoms with Crippen molar-refractivity contribution in [2.45, 2.75) is 39.5 Å². The normalized spacial score (nSPS) is 12.0. The maximum Gasteiger partial charge on any atom is 0.337 e. The van der Waals surface area contributed by atoms with E-state index in [0.29, 0.717) is 11.3 Å². The first-order valence-electron chi connectivity index (χ1n) is 8.04. The number of carbonyl (C=O) groups excluding carboxylic acids is 2. The molecule has 0 heterocycles. The van der Waals surface area contributed by atoms with Crippen LogP contribution in [0.25, 0.3) is 0 Å². The highest BCUT2D eigenvalue weighted by Gasteiger charge is 2.20. The molecule has 0 aliphatic heterocycles. The Labute approximate surface area is 151 Å². The van der Waals surface area contributed by atoms with Gasteiger partial charge in [0.05, 0.1) is 18.4 Å². The quantitative estimate of drug-likeness (QED) is 0.569. The summed E-state index contributed by atoms with van der Waals surface area (Å²) in [5, 5.41) is 2.79. The number of carbonyl (C=O) groups is 2. The molecule has 7 heteroatoms. The summed E-state index contributed by atoms with van der Waals surface area (Å²) in [7, 11) is -0.191. The predicted molar refractivity (Wildman–Crippen MR) is 101 cm³/mol. The van der Waals surface area contributed by atoms with Crippen LogP contribution in [0.2, 0.25) is 0 Å². The van der Waals surface area contributed by atoms with Crippen LogP contribution in [0.15, 0.2) is 24.8 Å². The minimum atomic E-state index is -1.53. The van der Waals surface area contributed by atoms with Gasteiger partial charge in [-0.05, 0) is 35.1 Å². The van der Waals surface area contributed by atoms with Crippen molar-refractivity contribution in [2.75, 3.05) is 18.2 Å². The van der Waals surface area contributed by atoms with E-state index in [4.69, 9.17) is 4.74 Å². The molecule has 25 heavy (non-hydrogen) atoms. The number of hydrogen-bond acceptors (Lipinski definition) is 4. The summed E-state index contributed by atoms with van der Waals surface area (Å²) in [5.74, 6) is -0.123. The molecule has 0 radical (unpaired) electrons. The summed E-state index contributed by atoms with van der Waals surface area (Å²) in [4.78, 5) is 24.1. The van der Waals surface area contributed by atoms with Crippen molar-refractivity contribution in [2.24, 2.45) is 0 Å². The van der Waals surface area contributed by atoms with Crippen LogP contribution in [0.3, 0.4) is 0 Å². The lowest BCUT2D eigenvalue weighted by Gasteiger charge is -2.21. The molecule has 1 aromatic rings. The third-order valence-corrected chi connectivity index (χ3v) is 4.53. The smallest absolute Gasteiger partial charge is 0.337 e. The van der Waals surface area contributed by atoms with E-state index in [1.807, 2.05) is 27.7 Å². The number of amides is 2. The Bertz CT molecular complexity index is 655. The van der Waals surface area contributed by atoms with E-state index in [9.17, 15) is 13.8 Å². The van der Waals surface area contributed by atoms with Gasteiger partial charge in [-0.2, -0.15) is 0 Å². The van der Waals surface area contributed by atoms with E-state index in [1.165, 1.54) is 13.2 Å². The second kappa shape index (κ2) is 9.36. The van der Waals surface area contributed by atoms with Gasteiger partial charge in [-0.25, -0.2) is 13.8 Å². The molecule has 0 aliphatic carbocycles. The van der Waals surface area contributed by atoms with Crippen LogP contribution in [-0.4, -0.2) is 29.1 Å². The second-order valence-electron chi connectivity index (χ2n) is 6.19. The van der Waals surface area contributed by atoms with E-state index >= 15 is 0 Å². The highest BCUT2D eigenvalue weighted by molar-refractivity contribution is 7.83. The van der Waals surface area contributed by atoms with Crippen LogP contribution in [0.5, 0.6) is 0 Å². The number of nitrogens with one attached hydrogen (secondary N) is 2. The van der Waals surface area contributed by atoms with Gasteiger partial charge in [0.15, 0.2) is 0 Å². The monoisotopic (exact) mass is 366 g/mol. The lowest BCUT2D eigenvalue weighted by atomic mass is 9.90. The molecule has 0 spiro atoms. The van der Waals surface area contributed by atoms with Crippen molar-refractivity contribution in [1.29, 1.82) is 0 Å². The molecule has 2 amide bonds. The number of rotatable bonds is 7. The summed E-state index contributed by atoms with van der Waals surface area (Å²) in [6.07, 6.45) is 1.47. The molecule has 0 aliphatic rings. The van der Waals surface area contributed by atoms with Crippen LogP contribution in [-0.2, 0) is 15.7 Å². The largest absolute Gasteiger partial charge is 0.465 e. The number of methoxy groups -OCH3 is 1. The number of hydrogen-bond donors (Lipinski definition) is 2. The fourth-order valence-electron chi connectivity index (χ4n) is 2.37. The van der Waals surface area contributed by atoms with E-state index in [2.05, 4.69) is 16.6 Å². The zero-order chi connectivity index (χ0) is 19.1. The number of anilines is 1. The Morgan fingerprint density at radius 1 is 1.20 bits per heavy atom. The zero-order valence-electron chi connectivity index (χ0n) is 15.3. The van der Waals surface area contributed by atoms with E-state index in [1.54, 1.807) is 12.1 Å². The number of esters is 1. The van der Waals surface area contributed by atoms with Crippen molar-refractivity contribution in [3.63, 3.8) is 0 Å². The average Bonchev–Trinajstić information content (AvgIpc) is 2.53. The minimum Gasteiger partial charge on any atom is -0.465 e. The fraction of sp³-hybridized carbons (Fsp3) is 0.444. The zero-order valence-corrected chi connectivity index (χ0v) is 16.2. The summed E-state index contributed by atoms with van der Waals surface area (Å²) in [6.45, 7) is 11.4. The van der Waals surface area contributed by atoms with E-state index < -0.39 is 23.0 Å². The van der Waals surface area contributed by atoms with Gasteiger partial charge in [-0.15, -0.1) is 6.58 Å². The van der Waals surface area contributed by atoms with Crippen molar-refractivity contribution in [3.8, 4) is 0 Å². The molecular formula is C18H26N2O4S. The maximum atomic E-state index is 12.2. The minimum absolute atomic E-state index is 0.0658. The third-order valence-electron chi connectivity index (χ3n) is 3.58. The summed E-state index contributed by atoms with van der Waals surface area (Å²) >= 11 is 0. The summed E-state index contributed by atoms with van der Waals surface area (Å²) in [6, 6.07) is 2.88. The second-order valence-corrected chi connectivity index (χ2v) is 7.42. The van der Waals surface area contributed by atoms with Gasteiger partial charge in [-0.1, -0.05) is 33.8 Å². The Morgan fingerprint density at radius 3 is 2.12 bits per heavy atom. The lowest BCUT2D eigenvalue weighted by Crippen LogP contribution is -2.32. The fourth-order valence-corrected chi connectivity index (χ4v) is 2.92. The molecular weight excluding hydrogens is 340 g/mol. The Kier molecular flexibility index (Phi) is 7.83. The van der Waals surface area contributed by atoms with Crippen molar-refractivity contribution < 1.29 is 18.5 Å². The Hall–Kier alpha value is -2.15. The predicted octanol–water partition coefficient (Wildman–Crippen LogP) is 3.69. The molecule has 0 saturated heterocycles. The van der Waals surface area contributed by atoms with Crippen molar-refractivity contribution in [1.82, 2.24) is 4.72 Å². The van der Waals surface area contributed by atoms with Crippen molar-refractivity contribution >= 4 is 28.7 Å². The topological polar surface area (TPSA) is 84.5 Å². The van der Waals surface area contributed by atoms with Crippen LogP contribution in [0.1, 0.15) is 61.0 Å². The van der Waals surface area contributed by atoms with Crippen LogP contribution in [0, 0.1) is 0 Å². The molecule has 1 aromatic carbocycles. The molecule has 1 atom stereocenters. The first-order valence-corrected chi connectivity index (χ1v) is 9.36. The molecule has 1 unspecified atom stereocenters. The van der Waals surface area contributed by atoms with E-state index in [0.717, 1.165) is 11.1 Å². The van der Waals surface area contributed by atoms with Gasteiger partial charge in [0, 0.05) is 5.69 Å². The van der Waals surface area contributed by atoms with Crippen LogP contribution < -0.4 is 10.0 Å². The van der Waals surface area contributed by atoms with Crippen molar-refractivity contribution in [3.05, 3.63) is 41.5 Å². The van der Waals surface area contributed by atoms with Crippen LogP contribution >= 0.6 is 0 Å². The first-order chi connectivity index (χ1) is 11.7. The number of benzene rings is 1. The van der Waals surface area contributed by atoms with Gasteiger partial charge in [0.25, 0.3) is 0 Å². The molecule has 6 nitrogen and oxygen atoms in total. The molecule has 1 rings (SSSR count). The molecule has 0 bridgehead atoms. The van der Waals surface area contributed by atoms with Gasteiger partial charge in [0.2, 0.25) is 0 Å². The third kappa shape index (κ3) is 5.70.